The van der Waals surface area contributed by atoms with Gasteiger partial charge in [-0.2, -0.15) is 0 Å². The van der Waals surface area contributed by atoms with Crippen molar-refractivity contribution in [3.05, 3.63) is 12.2 Å². The van der Waals surface area contributed by atoms with Gasteiger partial charge < -0.3 is 0 Å². The molecule has 1 unspecified atom stereocenters. The Morgan fingerprint density at radius 1 is 1.07 bits per heavy atom. The van der Waals surface area contributed by atoms with Gasteiger partial charge >= 0.3 is 0 Å². The molecule has 0 spiro atoms. The fourth-order valence-corrected chi connectivity index (χ4v) is 1.93. The van der Waals surface area contributed by atoms with E-state index in [1.807, 2.05) is 0 Å². The van der Waals surface area contributed by atoms with Crippen LogP contribution in [0.2, 0.25) is 0 Å². The molecule has 0 saturated heterocycles. The number of allylic oxidation sites excluding steroid dienone is 1. The van der Waals surface area contributed by atoms with Gasteiger partial charge in [0.25, 0.3) is 0 Å². The average molecular weight is 217 g/mol. The fourth-order valence-electron chi connectivity index (χ4n) is 1.66. The van der Waals surface area contributed by atoms with Crippen LogP contribution in [0.5, 0.6) is 0 Å². The first-order chi connectivity index (χ1) is 6.56. The summed E-state index contributed by atoms with van der Waals surface area (Å²) in [6.07, 6.45) is 8.39. The maximum Gasteiger partial charge on any atom is 0.0649 e. The van der Waals surface area contributed by atoms with Gasteiger partial charge in [0, 0.05) is 0 Å². The van der Waals surface area contributed by atoms with E-state index in [9.17, 15) is 0 Å². The molecule has 0 N–H and O–H groups in total. The predicted molar refractivity (Wildman–Crippen MR) is 67.1 cm³/mol. The number of hydrogen-bond donors (Lipinski definition) is 0. The highest BCUT2D eigenvalue weighted by atomic mass is 35.5. The molecule has 1 heteroatoms. The highest BCUT2D eigenvalue weighted by Crippen LogP contribution is 2.35. The topological polar surface area (TPSA) is 0 Å². The second kappa shape index (κ2) is 7.34. The van der Waals surface area contributed by atoms with Crippen LogP contribution < -0.4 is 0 Å². The molecule has 0 saturated carbocycles. The van der Waals surface area contributed by atoms with Gasteiger partial charge in [-0.1, -0.05) is 58.1 Å². The second-order valence-electron chi connectivity index (χ2n) is 4.31. The van der Waals surface area contributed by atoms with E-state index < -0.39 is 0 Å². The molecule has 0 nitrogen and oxygen atoms in total. The molecule has 0 bridgehead atoms. The van der Waals surface area contributed by atoms with E-state index in [0.29, 0.717) is 0 Å². The Bertz CT molecular complexity index is 163. The minimum atomic E-state index is -0.120. The van der Waals surface area contributed by atoms with Gasteiger partial charge in [0.15, 0.2) is 0 Å². The Kier molecular flexibility index (Phi) is 7.35. The standard InChI is InChI=1S/C13H25Cl/c1-5-7-9-11-13(14,12(3)4)10-8-6-2/h3,5-11H2,1-2,4H3. The summed E-state index contributed by atoms with van der Waals surface area (Å²) < 4.78 is 0. The van der Waals surface area contributed by atoms with Crippen molar-refractivity contribution in [2.45, 2.75) is 70.6 Å². The minimum absolute atomic E-state index is 0.120. The Morgan fingerprint density at radius 2 is 1.57 bits per heavy atom. The first-order valence-electron chi connectivity index (χ1n) is 5.91. The molecule has 0 heterocycles. The van der Waals surface area contributed by atoms with Gasteiger partial charge in [0.1, 0.15) is 0 Å². The number of unbranched alkanes of at least 4 members (excludes halogenated alkanes) is 3. The number of alkyl halides is 1. The molecule has 0 aromatic rings. The molecule has 0 aromatic heterocycles. The number of halogens is 1. The molecule has 1 atom stereocenters. The van der Waals surface area contributed by atoms with E-state index in [2.05, 4.69) is 27.4 Å². The van der Waals surface area contributed by atoms with Crippen LogP contribution in [0.25, 0.3) is 0 Å². The van der Waals surface area contributed by atoms with Crippen LogP contribution in [0.4, 0.5) is 0 Å². The third-order valence-electron chi connectivity index (χ3n) is 2.87. The first-order valence-corrected chi connectivity index (χ1v) is 6.29. The summed E-state index contributed by atoms with van der Waals surface area (Å²) in [5.74, 6) is 0. The molecule has 0 aliphatic heterocycles. The molecule has 0 radical (unpaired) electrons. The lowest BCUT2D eigenvalue weighted by atomic mass is 9.89. The summed E-state index contributed by atoms with van der Waals surface area (Å²) >= 11 is 6.59. The van der Waals surface area contributed by atoms with E-state index in [1.54, 1.807) is 0 Å². The van der Waals surface area contributed by atoms with Gasteiger partial charge in [-0.15, -0.1) is 11.6 Å². The lowest BCUT2D eigenvalue weighted by Gasteiger charge is -2.27. The van der Waals surface area contributed by atoms with E-state index in [0.717, 1.165) is 18.4 Å². The number of hydrogen-bond acceptors (Lipinski definition) is 0. The SMILES string of the molecule is C=C(C)C(Cl)(CCCC)CCCCC. The van der Waals surface area contributed by atoms with Crippen molar-refractivity contribution in [1.82, 2.24) is 0 Å². The minimum Gasteiger partial charge on any atom is -0.114 e. The molecular weight excluding hydrogens is 192 g/mol. The normalized spacial score (nSPS) is 15.1. The fraction of sp³-hybridized carbons (Fsp3) is 0.846. The summed E-state index contributed by atoms with van der Waals surface area (Å²) in [5, 5.41) is 0. The highest BCUT2D eigenvalue weighted by molar-refractivity contribution is 6.25. The largest absolute Gasteiger partial charge is 0.114 e. The van der Waals surface area contributed by atoms with E-state index in [1.165, 1.54) is 32.1 Å². The smallest absolute Gasteiger partial charge is 0.0649 e. The zero-order chi connectivity index (χ0) is 11.0. The van der Waals surface area contributed by atoms with Gasteiger partial charge in [-0.25, -0.2) is 0 Å². The van der Waals surface area contributed by atoms with Crippen molar-refractivity contribution in [2.24, 2.45) is 0 Å². The number of rotatable bonds is 8. The average Bonchev–Trinajstić information content (AvgIpc) is 2.15. The van der Waals surface area contributed by atoms with Crippen LogP contribution in [0.1, 0.15) is 65.7 Å². The van der Waals surface area contributed by atoms with Gasteiger partial charge in [-0.3, -0.25) is 0 Å². The lowest BCUT2D eigenvalue weighted by Crippen LogP contribution is -2.22. The zero-order valence-corrected chi connectivity index (χ0v) is 10.8. The Labute approximate surface area is 94.7 Å². The van der Waals surface area contributed by atoms with Crippen LogP contribution in [0.3, 0.4) is 0 Å². The lowest BCUT2D eigenvalue weighted by molar-refractivity contribution is 0.499. The molecular formula is C13H25Cl. The predicted octanol–water partition coefficient (Wildman–Crippen LogP) is 5.31. The first kappa shape index (κ1) is 14.0. The van der Waals surface area contributed by atoms with Crippen molar-refractivity contribution in [3.8, 4) is 0 Å². The summed E-state index contributed by atoms with van der Waals surface area (Å²) in [7, 11) is 0. The van der Waals surface area contributed by atoms with Crippen molar-refractivity contribution in [2.75, 3.05) is 0 Å². The second-order valence-corrected chi connectivity index (χ2v) is 5.03. The molecule has 14 heavy (non-hydrogen) atoms. The Balaban J connectivity index is 4.03. The van der Waals surface area contributed by atoms with Crippen molar-refractivity contribution in [3.63, 3.8) is 0 Å². The van der Waals surface area contributed by atoms with Crippen LogP contribution in [0, 0.1) is 0 Å². The third kappa shape index (κ3) is 5.05. The summed E-state index contributed by atoms with van der Waals surface area (Å²) in [6.45, 7) is 10.5. The Morgan fingerprint density at radius 3 is 2.00 bits per heavy atom. The molecule has 0 rings (SSSR count). The van der Waals surface area contributed by atoms with E-state index in [-0.39, 0.29) is 4.87 Å². The van der Waals surface area contributed by atoms with Gasteiger partial charge in [-0.05, 0) is 19.8 Å². The molecule has 0 fully saturated rings. The van der Waals surface area contributed by atoms with Crippen LogP contribution in [-0.2, 0) is 0 Å². The summed E-state index contributed by atoms with van der Waals surface area (Å²) in [4.78, 5) is -0.120. The molecule has 84 valence electrons. The van der Waals surface area contributed by atoms with Gasteiger partial charge in [0.05, 0.1) is 4.87 Å². The summed E-state index contributed by atoms with van der Waals surface area (Å²) in [5.41, 5.74) is 1.14. The molecule has 0 aliphatic rings. The molecule has 0 aliphatic carbocycles. The zero-order valence-electron chi connectivity index (χ0n) is 10.0. The van der Waals surface area contributed by atoms with Crippen LogP contribution in [-0.4, -0.2) is 4.87 Å². The monoisotopic (exact) mass is 216 g/mol. The maximum absolute atomic E-state index is 6.59. The third-order valence-corrected chi connectivity index (χ3v) is 3.57. The van der Waals surface area contributed by atoms with E-state index >= 15 is 0 Å². The molecule has 0 amide bonds. The Hall–Kier alpha value is 0.0300. The van der Waals surface area contributed by atoms with Gasteiger partial charge in [0.2, 0.25) is 0 Å². The van der Waals surface area contributed by atoms with Crippen molar-refractivity contribution in [1.29, 1.82) is 0 Å². The van der Waals surface area contributed by atoms with E-state index in [4.69, 9.17) is 11.6 Å². The van der Waals surface area contributed by atoms with Crippen LogP contribution in [0.15, 0.2) is 12.2 Å². The highest BCUT2D eigenvalue weighted by Gasteiger charge is 2.26. The van der Waals surface area contributed by atoms with Crippen molar-refractivity contribution < 1.29 is 0 Å². The van der Waals surface area contributed by atoms with Crippen molar-refractivity contribution >= 4 is 11.6 Å². The van der Waals surface area contributed by atoms with Crippen LogP contribution >= 0.6 is 11.6 Å². The maximum atomic E-state index is 6.59. The quantitative estimate of drug-likeness (QED) is 0.293. The molecule has 0 aromatic carbocycles. The summed E-state index contributed by atoms with van der Waals surface area (Å²) in [6, 6.07) is 0.